The van der Waals surface area contributed by atoms with Gasteiger partial charge in [0.15, 0.2) is 0 Å². The maximum atomic E-state index is 12.5. The molecule has 134 valence electrons. The highest BCUT2D eigenvalue weighted by molar-refractivity contribution is 5.90. The zero-order valence-corrected chi connectivity index (χ0v) is 15.2. The van der Waals surface area contributed by atoms with Crippen LogP contribution in [0.3, 0.4) is 0 Å². The number of hydrogen-bond acceptors (Lipinski definition) is 3. The lowest BCUT2D eigenvalue weighted by atomic mass is 10.1. The highest BCUT2D eigenvalue weighted by Crippen LogP contribution is 2.18. The summed E-state index contributed by atoms with van der Waals surface area (Å²) in [6.07, 6.45) is 0. The third-order valence-electron chi connectivity index (χ3n) is 3.98. The van der Waals surface area contributed by atoms with Crippen molar-refractivity contribution in [1.29, 1.82) is 0 Å². The quantitative estimate of drug-likeness (QED) is 0.871. The first-order valence-corrected chi connectivity index (χ1v) is 8.31. The van der Waals surface area contributed by atoms with E-state index in [9.17, 15) is 9.59 Å². The monoisotopic (exact) mass is 343 g/mol. The molecule has 25 heavy (non-hydrogen) atoms. The van der Waals surface area contributed by atoms with Gasteiger partial charge in [-0.3, -0.25) is 4.79 Å². The Balaban J connectivity index is 2.06. The summed E-state index contributed by atoms with van der Waals surface area (Å²) < 4.78 is 5.51. The second-order valence-corrected chi connectivity index (χ2v) is 5.99. The lowest BCUT2D eigenvalue weighted by Crippen LogP contribution is -2.32. The highest BCUT2D eigenvalue weighted by atomic mass is 16.3. The summed E-state index contributed by atoms with van der Waals surface area (Å²) in [5.74, 6) is 1.56. The first-order valence-electron chi connectivity index (χ1n) is 8.31. The van der Waals surface area contributed by atoms with Gasteiger partial charge in [-0.25, -0.2) is 4.79 Å². The van der Waals surface area contributed by atoms with Gasteiger partial charge in [-0.05, 0) is 37.6 Å². The second-order valence-electron chi connectivity index (χ2n) is 5.99. The minimum absolute atomic E-state index is 0.00827. The van der Waals surface area contributed by atoms with E-state index in [1.165, 1.54) is 0 Å². The van der Waals surface area contributed by atoms with E-state index in [0.717, 1.165) is 17.1 Å². The van der Waals surface area contributed by atoms with E-state index in [4.69, 9.17) is 4.42 Å². The number of para-hydroxylation sites is 1. The predicted molar refractivity (Wildman–Crippen MR) is 97.1 cm³/mol. The van der Waals surface area contributed by atoms with Crippen molar-refractivity contribution in [3.8, 4) is 0 Å². The normalized spacial score (nSPS) is 10.4. The number of nitrogens with one attached hydrogen (secondary N) is 1. The molecule has 1 heterocycles. The molecule has 0 saturated heterocycles. The topological polar surface area (TPSA) is 65.8 Å². The molecule has 0 aliphatic carbocycles. The summed E-state index contributed by atoms with van der Waals surface area (Å²) in [5.41, 5.74) is 1.60. The summed E-state index contributed by atoms with van der Waals surface area (Å²) in [6.45, 7) is 6.81. The van der Waals surface area contributed by atoms with Crippen LogP contribution < -0.4 is 5.32 Å². The Morgan fingerprint density at radius 1 is 1.12 bits per heavy atom. The Morgan fingerprint density at radius 3 is 2.44 bits per heavy atom. The van der Waals surface area contributed by atoms with E-state index >= 15 is 0 Å². The van der Waals surface area contributed by atoms with Gasteiger partial charge in [-0.15, -0.1) is 0 Å². The maximum Gasteiger partial charge on any atom is 0.322 e. The van der Waals surface area contributed by atoms with Gasteiger partial charge in [0.25, 0.3) is 0 Å². The minimum atomic E-state index is -0.229. The molecule has 0 radical (unpaired) electrons. The summed E-state index contributed by atoms with van der Waals surface area (Å²) in [7, 11) is 1.71. The van der Waals surface area contributed by atoms with Crippen LogP contribution in [0.1, 0.15) is 30.9 Å². The summed E-state index contributed by atoms with van der Waals surface area (Å²) in [4.78, 5) is 27.4. The molecule has 1 N–H and O–H groups in total. The fourth-order valence-corrected chi connectivity index (χ4v) is 2.52. The number of carbonyl (C=O) groups is 2. The number of amides is 3. The van der Waals surface area contributed by atoms with Crippen LogP contribution >= 0.6 is 0 Å². The van der Waals surface area contributed by atoms with Gasteiger partial charge >= 0.3 is 6.03 Å². The van der Waals surface area contributed by atoms with Crippen molar-refractivity contribution in [2.24, 2.45) is 0 Å². The maximum absolute atomic E-state index is 12.5. The third kappa shape index (κ3) is 5.11. The molecule has 0 atom stereocenters. The first-order chi connectivity index (χ1) is 11.9. The molecule has 0 bridgehead atoms. The van der Waals surface area contributed by atoms with Crippen LogP contribution in [0, 0.1) is 6.92 Å². The van der Waals surface area contributed by atoms with Gasteiger partial charge in [0.1, 0.15) is 11.5 Å². The van der Waals surface area contributed by atoms with E-state index in [0.29, 0.717) is 25.3 Å². The second kappa shape index (κ2) is 8.37. The lowest BCUT2D eigenvalue weighted by Gasteiger charge is -2.22. The number of aryl methyl sites for hydroxylation is 1. The van der Waals surface area contributed by atoms with Gasteiger partial charge in [-0.1, -0.05) is 18.2 Å². The molecule has 1 aromatic carbocycles. The van der Waals surface area contributed by atoms with Crippen LogP contribution in [-0.4, -0.2) is 35.3 Å². The van der Waals surface area contributed by atoms with Gasteiger partial charge < -0.3 is 19.5 Å². The number of nitrogens with zero attached hydrogens (tertiary/aromatic N) is 2. The number of hydrogen-bond donors (Lipinski definition) is 1. The van der Waals surface area contributed by atoms with Crippen molar-refractivity contribution in [2.45, 2.75) is 33.9 Å². The number of furan rings is 1. The predicted octanol–water partition coefficient (Wildman–Crippen LogP) is 3.62. The van der Waals surface area contributed by atoms with Gasteiger partial charge in [0.05, 0.1) is 6.54 Å². The van der Waals surface area contributed by atoms with Crippen molar-refractivity contribution >= 4 is 17.6 Å². The first kappa shape index (κ1) is 18.6. The molecule has 6 heteroatoms. The lowest BCUT2D eigenvalue weighted by molar-refractivity contribution is -0.129. The smallest absolute Gasteiger partial charge is 0.322 e. The fraction of sp³-hybridized carbons (Fsp3) is 0.368. The van der Waals surface area contributed by atoms with E-state index in [1.54, 1.807) is 23.8 Å². The molecular formula is C19H25N3O3. The van der Waals surface area contributed by atoms with Crippen molar-refractivity contribution in [3.63, 3.8) is 0 Å². The van der Waals surface area contributed by atoms with E-state index in [-0.39, 0.29) is 11.9 Å². The van der Waals surface area contributed by atoms with Gasteiger partial charge in [-0.2, -0.15) is 0 Å². The average Bonchev–Trinajstić information content (AvgIpc) is 2.98. The number of anilines is 1. The van der Waals surface area contributed by atoms with Crippen LogP contribution in [0.5, 0.6) is 0 Å². The molecule has 1 aromatic heterocycles. The molecule has 2 aromatic rings. The standard InChI is InChI=1S/C19H25N3O3/c1-5-22(15(3)23)12-16-8-6-7-9-18(16)20-19(24)21(4)13-17-11-10-14(2)25-17/h6-11H,5,12-13H2,1-4H3,(H,20,24). The highest BCUT2D eigenvalue weighted by Gasteiger charge is 2.15. The number of urea groups is 1. The number of carbonyl (C=O) groups excluding carboxylic acids is 2. The van der Waals surface area contributed by atoms with Crippen LogP contribution in [-0.2, 0) is 17.9 Å². The zero-order chi connectivity index (χ0) is 18.4. The van der Waals surface area contributed by atoms with Crippen molar-refractivity contribution in [3.05, 3.63) is 53.5 Å². The molecule has 0 fully saturated rings. The van der Waals surface area contributed by atoms with Gasteiger partial charge in [0, 0.05) is 32.7 Å². The Hall–Kier alpha value is -2.76. The average molecular weight is 343 g/mol. The van der Waals surface area contributed by atoms with Crippen LogP contribution in [0.4, 0.5) is 10.5 Å². The third-order valence-corrected chi connectivity index (χ3v) is 3.98. The van der Waals surface area contributed by atoms with Gasteiger partial charge in [0.2, 0.25) is 5.91 Å². The van der Waals surface area contributed by atoms with Crippen LogP contribution in [0.2, 0.25) is 0 Å². The Labute approximate surface area is 148 Å². The van der Waals surface area contributed by atoms with Crippen LogP contribution in [0.15, 0.2) is 40.8 Å². The molecule has 0 saturated carbocycles. The largest absolute Gasteiger partial charge is 0.464 e. The minimum Gasteiger partial charge on any atom is -0.464 e. The Bertz CT molecular complexity index is 739. The van der Waals surface area contributed by atoms with E-state index in [2.05, 4.69) is 5.32 Å². The zero-order valence-electron chi connectivity index (χ0n) is 15.2. The molecule has 2 rings (SSSR count). The van der Waals surface area contributed by atoms with E-state index in [1.807, 2.05) is 50.2 Å². The molecule has 0 unspecified atom stereocenters. The van der Waals surface area contributed by atoms with Crippen molar-refractivity contribution in [1.82, 2.24) is 9.80 Å². The molecule has 0 spiro atoms. The molecule has 0 aliphatic rings. The summed E-state index contributed by atoms with van der Waals surface area (Å²) >= 11 is 0. The van der Waals surface area contributed by atoms with E-state index < -0.39 is 0 Å². The summed E-state index contributed by atoms with van der Waals surface area (Å²) in [5, 5.41) is 2.91. The fourth-order valence-electron chi connectivity index (χ4n) is 2.52. The molecule has 6 nitrogen and oxygen atoms in total. The summed E-state index contributed by atoms with van der Waals surface area (Å²) in [6, 6.07) is 11.0. The number of benzene rings is 1. The molecule has 3 amide bonds. The Morgan fingerprint density at radius 2 is 1.84 bits per heavy atom. The van der Waals surface area contributed by atoms with Crippen molar-refractivity contribution < 1.29 is 14.0 Å². The van der Waals surface area contributed by atoms with Crippen LogP contribution in [0.25, 0.3) is 0 Å². The number of rotatable bonds is 6. The Kier molecular flexibility index (Phi) is 6.22. The van der Waals surface area contributed by atoms with Crippen molar-refractivity contribution in [2.75, 3.05) is 18.9 Å². The molecular weight excluding hydrogens is 318 g/mol. The SMILES string of the molecule is CCN(Cc1ccccc1NC(=O)N(C)Cc1ccc(C)o1)C(C)=O. The molecule has 0 aliphatic heterocycles.